The molecule has 2 amide bonds. The van der Waals surface area contributed by atoms with Crippen LogP contribution in [0.2, 0.25) is 0 Å². The SMILES string of the molecule is O=C(NO)c1ccc(CNC(=O)c2cc(=O)[nH]c3ccccc23)cc1. The number of pyridine rings is 1. The van der Waals surface area contributed by atoms with E-state index < -0.39 is 5.91 Å². The summed E-state index contributed by atoms with van der Waals surface area (Å²) in [5.41, 5.74) is 3.19. The number of H-pyrrole nitrogens is 1. The number of hydroxylamine groups is 1. The van der Waals surface area contributed by atoms with Gasteiger partial charge in [-0.1, -0.05) is 30.3 Å². The number of hydrogen-bond donors (Lipinski definition) is 4. The Morgan fingerprint density at radius 2 is 1.72 bits per heavy atom. The van der Waals surface area contributed by atoms with Gasteiger partial charge in [-0.15, -0.1) is 0 Å². The van der Waals surface area contributed by atoms with Crippen molar-refractivity contribution in [2.45, 2.75) is 6.54 Å². The van der Waals surface area contributed by atoms with Gasteiger partial charge in [0.15, 0.2) is 0 Å². The van der Waals surface area contributed by atoms with Crippen LogP contribution in [-0.2, 0) is 6.54 Å². The second-order valence-electron chi connectivity index (χ2n) is 5.41. The molecule has 1 aromatic heterocycles. The summed E-state index contributed by atoms with van der Waals surface area (Å²) in [6, 6.07) is 14.8. The number of carbonyl (C=O) groups excluding carboxylic acids is 2. The Labute approximate surface area is 142 Å². The van der Waals surface area contributed by atoms with Gasteiger partial charge < -0.3 is 10.3 Å². The molecule has 25 heavy (non-hydrogen) atoms. The second-order valence-corrected chi connectivity index (χ2v) is 5.41. The van der Waals surface area contributed by atoms with Crippen LogP contribution in [-0.4, -0.2) is 22.0 Å². The Balaban J connectivity index is 1.77. The Bertz CT molecular complexity index is 993. The molecule has 0 radical (unpaired) electrons. The van der Waals surface area contributed by atoms with Crippen molar-refractivity contribution >= 4 is 22.7 Å². The van der Waals surface area contributed by atoms with Crippen molar-refractivity contribution in [3.63, 3.8) is 0 Å². The van der Waals surface area contributed by atoms with E-state index in [1.165, 1.54) is 18.2 Å². The van der Waals surface area contributed by atoms with Crippen LogP contribution in [0.4, 0.5) is 0 Å². The molecule has 7 heteroatoms. The smallest absolute Gasteiger partial charge is 0.274 e. The zero-order chi connectivity index (χ0) is 17.8. The van der Waals surface area contributed by atoms with Crippen molar-refractivity contribution in [2.75, 3.05) is 0 Å². The minimum Gasteiger partial charge on any atom is -0.348 e. The van der Waals surface area contributed by atoms with Gasteiger partial charge in [-0.05, 0) is 23.8 Å². The topological polar surface area (TPSA) is 111 Å². The number of para-hydroxylation sites is 1. The monoisotopic (exact) mass is 337 g/mol. The first-order valence-electron chi connectivity index (χ1n) is 7.52. The van der Waals surface area contributed by atoms with Gasteiger partial charge >= 0.3 is 0 Å². The highest BCUT2D eigenvalue weighted by Crippen LogP contribution is 2.14. The van der Waals surface area contributed by atoms with E-state index in [1.54, 1.807) is 41.9 Å². The maximum absolute atomic E-state index is 12.4. The van der Waals surface area contributed by atoms with E-state index in [1.807, 2.05) is 0 Å². The molecular weight excluding hydrogens is 322 g/mol. The molecule has 0 saturated carbocycles. The number of carbonyl (C=O) groups is 2. The maximum Gasteiger partial charge on any atom is 0.274 e. The van der Waals surface area contributed by atoms with Crippen LogP contribution in [0.25, 0.3) is 10.9 Å². The van der Waals surface area contributed by atoms with Crippen LogP contribution >= 0.6 is 0 Å². The Morgan fingerprint density at radius 3 is 2.44 bits per heavy atom. The molecule has 2 aromatic carbocycles. The van der Waals surface area contributed by atoms with Crippen LogP contribution in [0.15, 0.2) is 59.4 Å². The van der Waals surface area contributed by atoms with Crippen molar-refractivity contribution in [1.82, 2.24) is 15.8 Å². The van der Waals surface area contributed by atoms with Gasteiger partial charge in [0, 0.05) is 29.1 Å². The lowest BCUT2D eigenvalue weighted by Crippen LogP contribution is -2.25. The summed E-state index contributed by atoms with van der Waals surface area (Å²) in [5, 5.41) is 12.0. The number of rotatable bonds is 4. The predicted octanol–water partition coefficient (Wildman–Crippen LogP) is 1.58. The van der Waals surface area contributed by atoms with E-state index in [4.69, 9.17) is 5.21 Å². The van der Waals surface area contributed by atoms with Crippen molar-refractivity contribution in [2.24, 2.45) is 0 Å². The zero-order valence-corrected chi connectivity index (χ0v) is 13.1. The molecule has 1 heterocycles. The molecule has 3 aromatic rings. The van der Waals surface area contributed by atoms with E-state index in [0.717, 1.165) is 5.56 Å². The van der Waals surface area contributed by atoms with Gasteiger partial charge in [-0.2, -0.15) is 0 Å². The highest BCUT2D eigenvalue weighted by atomic mass is 16.5. The van der Waals surface area contributed by atoms with Crippen molar-refractivity contribution in [1.29, 1.82) is 0 Å². The van der Waals surface area contributed by atoms with Gasteiger partial charge in [-0.3, -0.25) is 19.6 Å². The Hall–Kier alpha value is -3.45. The molecular formula is C18H15N3O4. The molecule has 0 bridgehead atoms. The molecule has 0 aliphatic rings. The number of aromatic nitrogens is 1. The summed E-state index contributed by atoms with van der Waals surface area (Å²) in [5.74, 6) is -0.968. The fraction of sp³-hybridized carbons (Fsp3) is 0.0556. The first-order chi connectivity index (χ1) is 12.1. The number of aromatic amines is 1. The molecule has 3 rings (SSSR count). The molecule has 126 valence electrons. The largest absolute Gasteiger partial charge is 0.348 e. The second kappa shape index (κ2) is 6.98. The maximum atomic E-state index is 12.4. The summed E-state index contributed by atoms with van der Waals surface area (Å²) in [6.45, 7) is 0.237. The fourth-order valence-electron chi connectivity index (χ4n) is 2.51. The molecule has 0 atom stereocenters. The molecule has 0 unspecified atom stereocenters. The summed E-state index contributed by atoms with van der Waals surface area (Å²) in [7, 11) is 0. The summed E-state index contributed by atoms with van der Waals surface area (Å²) < 4.78 is 0. The lowest BCUT2D eigenvalue weighted by Gasteiger charge is -2.08. The van der Waals surface area contributed by atoms with Gasteiger partial charge in [0.2, 0.25) is 5.56 Å². The van der Waals surface area contributed by atoms with Crippen LogP contribution in [0.3, 0.4) is 0 Å². The van der Waals surface area contributed by atoms with Gasteiger partial charge in [0.25, 0.3) is 11.8 Å². The quantitative estimate of drug-likeness (QED) is 0.428. The summed E-state index contributed by atoms with van der Waals surface area (Å²) >= 11 is 0. The van der Waals surface area contributed by atoms with Crippen LogP contribution in [0, 0.1) is 0 Å². The van der Waals surface area contributed by atoms with Crippen molar-refractivity contribution in [3.8, 4) is 0 Å². The number of nitrogens with one attached hydrogen (secondary N) is 3. The van der Waals surface area contributed by atoms with Crippen LogP contribution in [0.1, 0.15) is 26.3 Å². The number of amides is 2. The third-order valence-electron chi connectivity index (χ3n) is 3.77. The first kappa shape index (κ1) is 16.4. The van der Waals surface area contributed by atoms with E-state index in [0.29, 0.717) is 22.0 Å². The standard InChI is InChI=1S/C18H15N3O4/c22-16-9-14(13-3-1-2-4-15(13)20-16)18(24)19-10-11-5-7-12(8-6-11)17(23)21-25/h1-9,25H,10H2,(H,19,24)(H,20,22)(H,21,23). The van der Waals surface area contributed by atoms with Gasteiger partial charge in [-0.25, -0.2) is 5.48 Å². The summed E-state index contributed by atoms with van der Waals surface area (Å²) in [4.78, 5) is 38.1. The average Bonchev–Trinajstić information content (AvgIpc) is 2.65. The van der Waals surface area contributed by atoms with Gasteiger partial charge in [0.05, 0.1) is 5.56 Å². The Kier molecular flexibility index (Phi) is 4.58. The minimum absolute atomic E-state index is 0.237. The molecule has 0 fully saturated rings. The molecule has 0 aliphatic carbocycles. The van der Waals surface area contributed by atoms with Crippen LogP contribution in [0.5, 0.6) is 0 Å². The zero-order valence-electron chi connectivity index (χ0n) is 13.1. The molecule has 4 N–H and O–H groups in total. The number of fused-ring (bicyclic) bond motifs is 1. The van der Waals surface area contributed by atoms with Crippen molar-refractivity contribution < 1.29 is 14.8 Å². The molecule has 7 nitrogen and oxygen atoms in total. The summed E-state index contributed by atoms with van der Waals surface area (Å²) in [6.07, 6.45) is 0. The number of hydrogen-bond acceptors (Lipinski definition) is 4. The van der Waals surface area contributed by atoms with Crippen molar-refractivity contribution in [3.05, 3.63) is 81.6 Å². The lowest BCUT2D eigenvalue weighted by atomic mass is 10.1. The normalized spacial score (nSPS) is 10.4. The fourth-order valence-corrected chi connectivity index (χ4v) is 2.51. The predicted molar refractivity (Wildman–Crippen MR) is 91.4 cm³/mol. The van der Waals surface area contributed by atoms with E-state index in [-0.39, 0.29) is 18.0 Å². The number of benzene rings is 2. The average molecular weight is 337 g/mol. The van der Waals surface area contributed by atoms with Gasteiger partial charge in [0.1, 0.15) is 0 Å². The van der Waals surface area contributed by atoms with E-state index in [9.17, 15) is 14.4 Å². The highest BCUT2D eigenvalue weighted by Gasteiger charge is 2.11. The Morgan fingerprint density at radius 1 is 1.00 bits per heavy atom. The highest BCUT2D eigenvalue weighted by molar-refractivity contribution is 6.05. The lowest BCUT2D eigenvalue weighted by molar-refractivity contribution is 0.0706. The third-order valence-corrected chi connectivity index (χ3v) is 3.77. The van der Waals surface area contributed by atoms with E-state index in [2.05, 4.69) is 10.3 Å². The molecule has 0 saturated heterocycles. The molecule has 0 spiro atoms. The molecule has 0 aliphatic heterocycles. The van der Waals surface area contributed by atoms with Crippen LogP contribution < -0.4 is 16.4 Å². The third kappa shape index (κ3) is 3.56. The first-order valence-corrected chi connectivity index (χ1v) is 7.52. The minimum atomic E-state index is -0.606. The van der Waals surface area contributed by atoms with E-state index >= 15 is 0 Å².